The van der Waals surface area contributed by atoms with E-state index in [9.17, 15) is 0 Å². The van der Waals surface area contributed by atoms with Crippen molar-refractivity contribution in [3.8, 4) is 0 Å². The zero-order valence-electron chi connectivity index (χ0n) is 5.23. The molecule has 0 saturated heterocycles. The zero-order chi connectivity index (χ0) is 6.50. The summed E-state index contributed by atoms with van der Waals surface area (Å²) in [6.07, 6.45) is 0. The molecule has 7 heavy (non-hydrogen) atoms. The van der Waals surface area contributed by atoms with Gasteiger partial charge in [0, 0.05) is 0 Å². The van der Waals surface area contributed by atoms with Gasteiger partial charge in [0.05, 0.1) is 0 Å². The van der Waals surface area contributed by atoms with Gasteiger partial charge < -0.3 is 19.2 Å². The van der Waals surface area contributed by atoms with Crippen molar-refractivity contribution in [3.63, 3.8) is 0 Å². The van der Waals surface area contributed by atoms with Crippen molar-refractivity contribution < 1.29 is 33.2 Å². The van der Waals surface area contributed by atoms with E-state index in [0.717, 1.165) is 0 Å². The molecule has 0 bridgehead atoms. The normalized spacial score (nSPS) is 9.29. The monoisotopic (exact) mass is 131 g/mol. The second-order valence-electron chi connectivity index (χ2n) is 0.447. The SMILES string of the molecule is O=P([O-])([O-])[O-].[H+].[H+].[NH3+]O. The van der Waals surface area contributed by atoms with Crippen LogP contribution in [0.15, 0.2) is 0 Å². The fraction of sp³-hybridized carbons (Fsp3) is 0. The molecule has 0 amide bonds. The molecule has 6 nitrogen and oxygen atoms in total. The molecule has 46 valence electrons. The highest BCUT2D eigenvalue weighted by Crippen LogP contribution is 2.03. The molecule has 0 aliphatic carbocycles. The zero-order valence-corrected chi connectivity index (χ0v) is 4.13. The Balaban J connectivity index is -0.0000000286. The van der Waals surface area contributed by atoms with E-state index in [1.807, 2.05) is 0 Å². The summed E-state index contributed by atoms with van der Waals surface area (Å²) in [5.74, 6) is 2.25. The van der Waals surface area contributed by atoms with Gasteiger partial charge in [0.25, 0.3) is 0 Å². The summed E-state index contributed by atoms with van der Waals surface area (Å²) in [5, 5.41) is 6.75. The van der Waals surface area contributed by atoms with Gasteiger partial charge >= 0.3 is 2.85 Å². The van der Waals surface area contributed by atoms with Gasteiger partial charge in [-0.15, -0.1) is 0 Å². The van der Waals surface area contributed by atoms with Crippen LogP contribution in [0.5, 0.6) is 0 Å². The molecule has 0 radical (unpaired) electrons. The highest BCUT2D eigenvalue weighted by molar-refractivity contribution is 7.40. The molecule has 0 aromatic rings. The van der Waals surface area contributed by atoms with Gasteiger partial charge in [-0.3, -0.25) is 0 Å². The molecular formula is H6NO5P. The van der Waals surface area contributed by atoms with Crippen molar-refractivity contribution in [1.82, 2.24) is 0 Å². The lowest BCUT2D eigenvalue weighted by Crippen LogP contribution is -2.42. The van der Waals surface area contributed by atoms with Crippen LogP contribution < -0.4 is 20.6 Å². The fourth-order valence-electron chi connectivity index (χ4n) is 0. The Bertz CT molecular complexity index is 61.1. The summed E-state index contributed by atoms with van der Waals surface area (Å²) < 4.78 is 8.55. The Kier molecular flexibility index (Phi) is 6.06. The van der Waals surface area contributed by atoms with Gasteiger partial charge in [0.15, 0.2) is 0 Å². The molecule has 0 fully saturated rings. The van der Waals surface area contributed by atoms with Gasteiger partial charge in [-0.2, -0.15) is 7.82 Å². The molecule has 0 spiro atoms. The first-order valence-corrected chi connectivity index (χ1v) is 2.51. The van der Waals surface area contributed by atoms with Crippen molar-refractivity contribution in [2.75, 3.05) is 0 Å². The Morgan fingerprint density at radius 1 is 1.43 bits per heavy atom. The van der Waals surface area contributed by atoms with Crippen molar-refractivity contribution in [2.45, 2.75) is 0 Å². The van der Waals surface area contributed by atoms with E-state index < -0.39 is 7.82 Å². The van der Waals surface area contributed by atoms with Crippen molar-refractivity contribution in [1.29, 1.82) is 0 Å². The van der Waals surface area contributed by atoms with Crippen molar-refractivity contribution >= 4 is 7.82 Å². The number of rotatable bonds is 0. The molecule has 0 aliphatic heterocycles. The van der Waals surface area contributed by atoms with Crippen LogP contribution in [0.4, 0.5) is 0 Å². The van der Waals surface area contributed by atoms with Gasteiger partial charge in [-0.1, -0.05) is 0 Å². The van der Waals surface area contributed by atoms with Crippen molar-refractivity contribution in [3.05, 3.63) is 0 Å². The summed E-state index contributed by atoms with van der Waals surface area (Å²) in [6, 6.07) is 0. The topological polar surface area (TPSA) is 134 Å². The summed E-state index contributed by atoms with van der Waals surface area (Å²) in [4.78, 5) is 25.6. The van der Waals surface area contributed by atoms with Crippen LogP contribution in [0, 0.1) is 0 Å². The average Bonchev–Trinajstić information content (AvgIpc) is 1.36. The average molecular weight is 131 g/mol. The van der Waals surface area contributed by atoms with E-state index in [0.29, 0.717) is 0 Å². The minimum Gasteiger partial charge on any atom is -0.822 e. The van der Waals surface area contributed by atoms with Gasteiger partial charge in [0.2, 0.25) is 0 Å². The summed E-state index contributed by atoms with van der Waals surface area (Å²) in [6.45, 7) is 0. The maximum absolute atomic E-state index is 8.55. The Morgan fingerprint density at radius 3 is 1.43 bits per heavy atom. The standard InChI is InChI=1S/H4NO.H3O4P/c1-2;1-5(2,3)4/h2H,1H3;(H3,1,2,3,4)/q+1;/p-1. The second-order valence-corrected chi connectivity index (χ2v) is 1.34. The Labute approximate surface area is 42.4 Å². The largest absolute Gasteiger partial charge is 1.00 e. The van der Waals surface area contributed by atoms with E-state index in [4.69, 9.17) is 24.5 Å². The molecule has 4 N–H and O–H groups in total. The number of hydrogen-bond donors (Lipinski definition) is 2. The molecule has 0 unspecified atom stereocenters. The lowest BCUT2D eigenvalue weighted by molar-refractivity contribution is -0.670. The van der Waals surface area contributed by atoms with Crippen LogP contribution in [0.3, 0.4) is 0 Å². The Hall–Kier alpha value is 0.0300. The van der Waals surface area contributed by atoms with Gasteiger partial charge in [0.1, 0.15) is 0 Å². The predicted molar refractivity (Wildman–Crippen MR) is 14.5 cm³/mol. The lowest BCUT2D eigenvalue weighted by atomic mass is 13.6. The summed E-state index contributed by atoms with van der Waals surface area (Å²) >= 11 is 0. The maximum atomic E-state index is 8.55. The molecule has 0 heterocycles. The third kappa shape index (κ3) is 109000. The highest BCUT2D eigenvalue weighted by Gasteiger charge is 1.44. The quantitative estimate of drug-likeness (QED) is 0.255. The molecular weight excluding hydrogens is 125 g/mol. The third-order valence-electron chi connectivity index (χ3n) is 0. The first-order valence-electron chi connectivity index (χ1n) is 1.05. The first kappa shape index (κ1) is 10.1. The van der Waals surface area contributed by atoms with Crippen LogP contribution in [0.2, 0.25) is 0 Å². The number of quaternary nitrogens is 1. The van der Waals surface area contributed by atoms with Crippen LogP contribution in [0.25, 0.3) is 0 Å². The van der Waals surface area contributed by atoms with E-state index >= 15 is 0 Å². The number of hydrogen-bond acceptors (Lipinski definition) is 5. The van der Waals surface area contributed by atoms with E-state index in [1.165, 1.54) is 0 Å². The molecule has 0 rings (SSSR count). The molecule has 7 heteroatoms. The molecule has 0 aromatic heterocycles. The summed E-state index contributed by atoms with van der Waals surface area (Å²) in [5.41, 5.74) is 0. The number of phosphoric acid groups is 1. The molecule has 0 aliphatic rings. The van der Waals surface area contributed by atoms with E-state index in [-0.39, 0.29) is 2.85 Å². The summed E-state index contributed by atoms with van der Waals surface area (Å²) in [7, 11) is -5.39. The van der Waals surface area contributed by atoms with Gasteiger partial charge in [-0.25, -0.2) is 11.1 Å². The third-order valence-corrected chi connectivity index (χ3v) is 0. The van der Waals surface area contributed by atoms with Crippen LogP contribution in [-0.4, -0.2) is 5.21 Å². The van der Waals surface area contributed by atoms with Crippen LogP contribution in [-0.2, 0) is 4.57 Å². The van der Waals surface area contributed by atoms with E-state index in [1.54, 1.807) is 0 Å². The minimum absolute atomic E-state index is 0. The molecule has 0 saturated carbocycles. The minimum atomic E-state index is -5.39. The lowest BCUT2D eigenvalue weighted by Gasteiger charge is -2.36. The van der Waals surface area contributed by atoms with Crippen LogP contribution >= 0.6 is 7.82 Å². The van der Waals surface area contributed by atoms with E-state index in [2.05, 4.69) is 5.90 Å². The van der Waals surface area contributed by atoms with Crippen molar-refractivity contribution in [2.24, 2.45) is 0 Å². The smallest absolute Gasteiger partial charge is 0.822 e. The molecule has 0 aromatic carbocycles. The van der Waals surface area contributed by atoms with Gasteiger partial charge in [-0.05, 0) is 0 Å². The first-order chi connectivity index (χ1) is 3.00. The maximum Gasteiger partial charge on any atom is 1.00 e. The predicted octanol–water partition coefficient (Wildman–Crippen LogP) is -3.98. The second kappa shape index (κ2) is 4.20. The highest BCUT2D eigenvalue weighted by atomic mass is 31.2. The van der Waals surface area contributed by atoms with Crippen LogP contribution in [0.1, 0.15) is 2.85 Å². The Morgan fingerprint density at radius 2 is 1.43 bits per heavy atom. The molecule has 0 atom stereocenters. The fourth-order valence-corrected chi connectivity index (χ4v) is 0.